The van der Waals surface area contributed by atoms with E-state index in [1.165, 1.54) is 150 Å². The van der Waals surface area contributed by atoms with Crippen molar-refractivity contribution in [1.82, 2.24) is 0 Å². The lowest BCUT2D eigenvalue weighted by Gasteiger charge is -2.23. The Kier molecular flexibility index (Phi) is 26.7. The Morgan fingerprint density at radius 1 is 0.222 bits per heavy atom. The third-order valence-electron chi connectivity index (χ3n) is 18.5. The minimum absolute atomic E-state index is 0.126. The number of hydrogen-bond acceptors (Lipinski definition) is 0. The van der Waals surface area contributed by atoms with E-state index in [2.05, 4.69) is 422 Å². The molecule has 0 spiro atoms. The molecule has 13 aromatic rings. The van der Waals surface area contributed by atoms with Gasteiger partial charge in [0.25, 0.3) is 0 Å². The molecule has 0 fully saturated rings. The van der Waals surface area contributed by atoms with Gasteiger partial charge < -0.3 is 0 Å². The highest BCUT2D eigenvalue weighted by Gasteiger charge is 2.20. The van der Waals surface area contributed by atoms with Crippen LogP contribution in [0, 0.1) is 69.2 Å². The molecule has 0 bridgehead atoms. The second-order valence-electron chi connectivity index (χ2n) is 28.9. The van der Waals surface area contributed by atoms with Crippen molar-refractivity contribution in [3.05, 3.63) is 382 Å². The maximum atomic E-state index is 2.36. The lowest BCUT2D eigenvalue weighted by Crippen LogP contribution is -2.13. The van der Waals surface area contributed by atoms with Gasteiger partial charge in [0, 0.05) is 0 Å². The smallest absolute Gasteiger partial charge is 0.0125 e. The van der Waals surface area contributed by atoms with E-state index in [-0.39, 0.29) is 10.8 Å². The first-order chi connectivity index (χ1) is 47.4. The first kappa shape index (κ1) is 74.6. The van der Waals surface area contributed by atoms with Gasteiger partial charge in [-0.2, -0.15) is 0 Å². The molecule has 0 heterocycles. The van der Waals surface area contributed by atoms with Crippen LogP contribution in [0.1, 0.15) is 134 Å². The van der Waals surface area contributed by atoms with Gasteiger partial charge in [0.15, 0.2) is 0 Å². The van der Waals surface area contributed by atoms with Gasteiger partial charge in [0.05, 0.1) is 0 Å². The molecule has 0 unspecified atom stereocenters. The Hall–Kier alpha value is -10.1. The van der Waals surface area contributed by atoms with Crippen LogP contribution >= 0.6 is 0 Å². The van der Waals surface area contributed by atoms with Crippen LogP contribution in [-0.4, -0.2) is 0 Å². The lowest BCUT2D eigenvalue weighted by atomic mass is 9.81. The highest BCUT2D eigenvalue weighted by Crippen LogP contribution is 2.38. The van der Waals surface area contributed by atoms with Crippen LogP contribution in [0.2, 0.25) is 0 Å². The Balaban J connectivity index is 0.000000153. The summed E-state index contributed by atoms with van der Waals surface area (Å²) in [5.41, 5.74) is 36.5. The van der Waals surface area contributed by atoms with Gasteiger partial charge >= 0.3 is 0 Å². The van der Waals surface area contributed by atoms with E-state index in [0.717, 1.165) is 0 Å². The molecule has 99 heavy (non-hydrogen) atoms. The first-order valence-corrected chi connectivity index (χ1v) is 35.3. The maximum Gasteiger partial charge on any atom is -0.0125 e. The van der Waals surface area contributed by atoms with Gasteiger partial charge in [0.2, 0.25) is 0 Å². The van der Waals surface area contributed by atoms with Crippen LogP contribution in [0.4, 0.5) is 0 Å². The third kappa shape index (κ3) is 21.2. The predicted octanol–water partition coefficient (Wildman–Crippen LogP) is 28.6. The highest BCUT2D eigenvalue weighted by molar-refractivity contribution is 5.80. The van der Waals surface area contributed by atoms with Gasteiger partial charge in [-0.1, -0.05) is 376 Å². The fraction of sp³-hybridized carbons (Fsp3) is 0.212. The van der Waals surface area contributed by atoms with Crippen LogP contribution in [0.5, 0.6) is 0 Å². The highest BCUT2D eigenvalue weighted by atomic mass is 14.2. The second kappa shape index (κ2) is 35.4. The molecule has 0 radical (unpaired) electrons. The molecule has 13 rings (SSSR count). The van der Waals surface area contributed by atoms with Gasteiger partial charge in [-0.05, 0) is 225 Å². The Bertz CT molecular complexity index is 4540. The monoisotopic (exact) mass is 1290 g/mol. The zero-order valence-corrected chi connectivity index (χ0v) is 62.5. The zero-order chi connectivity index (χ0) is 71.2. The Morgan fingerprint density at radius 3 is 0.990 bits per heavy atom. The summed E-state index contributed by atoms with van der Waals surface area (Å²) in [5.74, 6) is 0.587. The summed E-state index contributed by atoms with van der Waals surface area (Å²) in [7, 11) is 0. The van der Waals surface area contributed by atoms with E-state index in [0.29, 0.717) is 5.92 Å². The van der Waals surface area contributed by atoms with E-state index >= 15 is 0 Å². The molecule has 0 saturated carbocycles. The normalized spacial score (nSPS) is 10.8. The summed E-state index contributed by atoms with van der Waals surface area (Å²) < 4.78 is 0. The SMILES string of the molecule is Cc1c(-c2ccccc2)cc(C(C)(C)C)cc1-c1ccccc1.Cc1c(-c2ccccc2)cccc1C(C)C.Cc1cc(C)c(-c2ccccc2)c(C)c1.Cc1ccc(-c2ccccc2)c(C)c1.Cc1ccc(-c2ccccc2)cc1C.Cc1ccc(-c2ccccc2)cc1C(C)(C)C. The summed E-state index contributed by atoms with van der Waals surface area (Å²) in [5, 5.41) is 0. The summed E-state index contributed by atoms with van der Waals surface area (Å²) >= 11 is 0. The summed E-state index contributed by atoms with van der Waals surface area (Å²) in [6.45, 7) is 39.9. The lowest BCUT2D eigenvalue weighted by molar-refractivity contribution is 0.586. The molecule has 0 aromatic heterocycles. The van der Waals surface area contributed by atoms with Crippen LogP contribution < -0.4 is 0 Å². The molecule has 502 valence electrons. The van der Waals surface area contributed by atoms with E-state index in [1.807, 2.05) is 12.1 Å². The average Bonchev–Trinajstić information content (AvgIpc) is 0.813. The minimum atomic E-state index is 0.126. The predicted molar refractivity (Wildman–Crippen MR) is 436 cm³/mol. The van der Waals surface area contributed by atoms with Crippen molar-refractivity contribution < 1.29 is 0 Å². The van der Waals surface area contributed by atoms with Crippen LogP contribution in [0.25, 0.3) is 77.9 Å². The van der Waals surface area contributed by atoms with E-state index in [4.69, 9.17) is 0 Å². The molecule has 0 aliphatic rings. The number of rotatable bonds is 8. The fourth-order valence-electron chi connectivity index (χ4n) is 13.0. The molecule has 0 N–H and O–H groups in total. The van der Waals surface area contributed by atoms with Crippen molar-refractivity contribution in [2.24, 2.45) is 0 Å². The van der Waals surface area contributed by atoms with Gasteiger partial charge in [-0.25, -0.2) is 0 Å². The quantitative estimate of drug-likeness (QED) is 0.142. The Labute approximate surface area is 597 Å². The third-order valence-corrected chi connectivity index (χ3v) is 18.5. The summed E-state index contributed by atoms with van der Waals surface area (Å²) in [6.07, 6.45) is 0. The number of benzene rings is 13. The summed E-state index contributed by atoms with van der Waals surface area (Å²) in [4.78, 5) is 0. The standard InChI is InChI=1S/C23H24.C17H20.C16H18.C15H16.2C14H14/c1-17-21(18-11-7-5-8-12-18)15-20(23(2,3)4)16-22(17)19-13-9-6-10-14-19;1-13-10-11-15(12-16(13)17(2,3)4)14-8-6-5-7-9-14;1-12(2)15-10-7-11-16(13(15)3)14-8-5-4-6-9-14;1-11-9-12(2)15(13(3)10-11)14-7-5-4-6-8-14;1-11-8-9-14(10-12(11)2)13-6-4-3-5-7-13;1-11-8-9-14(12(2)10-11)13-6-4-3-5-7-13/h5-16H,1-4H3;5-12H,1-4H3;4-12H,1-3H3;4-10H,1-3H3;2*3-10H,1-2H3. The van der Waals surface area contributed by atoms with Gasteiger partial charge in [-0.3, -0.25) is 0 Å². The minimum Gasteiger partial charge on any atom is -0.0622 e. The molecule has 0 heteroatoms. The molecular weight excluding hydrogens is 1190 g/mol. The van der Waals surface area contributed by atoms with E-state index in [1.54, 1.807) is 0 Å². The molecule has 0 aliphatic heterocycles. The Morgan fingerprint density at radius 2 is 0.596 bits per heavy atom. The topological polar surface area (TPSA) is 0 Å². The first-order valence-electron chi connectivity index (χ1n) is 35.3. The molecule has 0 amide bonds. The number of hydrogen-bond donors (Lipinski definition) is 0. The molecule has 0 nitrogen and oxygen atoms in total. The molecule has 0 atom stereocenters. The summed E-state index contributed by atoms with van der Waals surface area (Å²) in [6, 6.07) is 110. The molecular formula is C99H106. The van der Waals surface area contributed by atoms with Crippen molar-refractivity contribution >= 4 is 0 Å². The van der Waals surface area contributed by atoms with Gasteiger partial charge in [-0.15, -0.1) is 0 Å². The van der Waals surface area contributed by atoms with Crippen molar-refractivity contribution in [3.63, 3.8) is 0 Å². The van der Waals surface area contributed by atoms with Crippen molar-refractivity contribution in [2.75, 3.05) is 0 Å². The van der Waals surface area contributed by atoms with Crippen molar-refractivity contribution in [1.29, 1.82) is 0 Å². The van der Waals surface area contributed by atoms with Crippen molar-refractivity contribution in [2.45, 2.75) is 141 Å². The average molecular weight is 1300 g/mol. The van der Waals surface area contributed by atoms with E-state index < -0.39 is 0 Å². The van der Waals surface area contributed by atoms with Crippen molar-refractivity contribution in [3.8, 4) is 77.9 Å². The zero-order valence-electron chi connectivity index (χ0n) is 62.5. The molecule has 13 aromatic carbocycles. The maximum absolute atomic E-state index is 2.36. The van der Waals surface area contributed by atoms with Crippen LogP contribution in [-0.2, 0) is 10.8 Å². The second-order valence-corrected chi connectivity index (χ2v) is 28.9. The van der Waals surface area contributed by atoms with Crippen LogP contribution in [0.3, 0.4) is 0 Å². The number of aryl methyl sites for hydroxylation is 8. The fourth-order valence-corrected chi connectivity index (χ4v) is 13.0. The van der Waals surface area contributed by atoms with Gasteiger partial charge in [0.1, 0.15) is 0 Å². The van der Waals surface area contributed by atoms with Crippen LogP contribution in [0.15, 0.2) is 309 Å². The largest absolute Gasteiger partial charge is 0.0622 e. The van der Waals surface area contributed by atoms with E-state index in [9.17, 15) is 0 Å². The molecule has 0 aliphatic carbocycles. The molecule has 0 saturated heterocycles.